The van der Waals surface area contributed by atoms with Crippen LogP contribution in [0.2, 0.25) is 0 Å². The smallest absolute Gasteiger partial charge is 0.252 e. The zero-order valence-electron chi connectivity index (χ0n) is 16.1. The standard InChI is InChI=1S/C22H20F2N4O/c1-3-22(4-2,21-25-12-26-28-21)17-7-8-19(27-20(17)29)14-6-5-13-9-15(23)11-18(24)16(13)10-14/h5-12H,3-4H2,1-2H3,(H,27,29)(H,25,26,28). The van der Waals surface area contributed by atoms with Crippen molar-refractivity contribution in [2.24, 2.45) is 0 Å². The first-order valence-corrected chi connectivity index (χ1v) is 9.47. The summed E-state index contributed by atoms with van der Waals surface area (Å²) in [6.45, 7) is 4.01. The molecule has 4 rings (SSSR count). The molecule has 4 aromatic rings. The third kappa shape index (κ3) is 3.12. The lowest BCUT2D eigenvalue weighted by Crippen LogP contribution is -2.34. The molecule has 2 N–H and O–H groups in total. The summed E-state index contributed by atoms with van der Waals surface area (Å²) in [6.07, 6.45) is 2.78. The molecule has 0 atom stereocenters. The second-order valence-electron chi connectivity index (χ2n) is 7.06. The molecule has 0 fully saturated rings. The third-order valence-electron chi connectivity index (χ3n) is 5.68. The summed E-state index contributed by atoms with van der Waals surface area (Å²) in [4.78, 5) is 20.2. The number of pyridine rings is 1. The fourth-order valence-corrected chi connectivity index (χ4v) is 3.99. The summed E-state index contributed by atoms with van der Waals surface area (Å²) in [7, 11) is 0. The quantitative estimate of drug-likeness (QED) is 0.515. The lowest BCUT2D eigenvalue weighted by molar-refractivity contribution is 0.446. The van der Waals surface area contributed by atoms with Gasteiger partial charge in [-0.1, -0.05) is 32.0 Å². The van der Waals surface area contributed by atoms with Crippen LogP contribution in [0.15, 0.2) is 53.6 Å². The number of nitrogens with zero attached hydrogens (tertiary/aromatic N) is 2. The van der Waals surface area contributed by atoms with Crippen LogP contribution >= 0.6 is 0 Å². The van der Waals surface area contributed by atoms with Crippen molar-refractivity contribution in [3.05, 3.63) is 82.2 Å². The maximum absolute atomic E-state index is 14.2. The van der Waals surface area contributed by atoms with Gasteiger partial charge in [0.05, 0.1) is 5.41 Å². The van der Waals surface area contributed by atoms with E-state index in [-0.39, 0.29) is 5.56 Å². The zero-order valence-corrected chi connectivity index (χ0v) is 16.1. The Balaban J connectivity index is 1.82. The maximum Gasteiger partial charge on any atom is 0.252 e. The van der Waals surface area contributed by atoms with Gasteiger partial charge in [-0.15, -0.1) is 0 Å². The largest absolute Gasteiger partial charge is 0.322 e. The molecule has 7 heteroatoms. The van der Waals surface area contributed by atoms with Crippen molar-refractivity contribution >= 4 is 10.8 Å². The van der Waals surface area contributed by atoms with Crippen LogP contribution in [0.4, 0.5) is 8.78 Å². The minimum Gasteiger partial charge on any atom is -0.322 e. The molecular weight excluding hydrogens is 374 g/mol. The molecule has 5 nitrogen and oxygen atoms in total. The van der Waals surface area contributed by atoms with Crippen LogP contribution in [-0.2, 0) is 5.41 Å². The molecule has 0 unspecified atom stereocenters. The van der Waals surface area contributed by atoms with E-state index >= 15 is 0 Å². The first kappa shape index (κ1) is 19.0. The number of hydrogen-bond donors (Lipinski definition) is 2. The minimum absolute atomic E-state index is 0.234. The lowest BCUT2D eigenvalue weighted by Gasteiger charge is -2.29. The summed E-state index contributed by atoms with van der Waals surface area (Å²) >= 11 is 0. The highest BCUT2D eigenvalue weighted by molar-refractivity contribution is 5.87. The van der Waals surface area contributed by atoms with Crippen LogP contribution in [-0.4, -0.2) is 20.2 Å². The van der Waals surface area contributed by atoms with E-state index in [1.807, 2.05) is 13.8 Å². The molecule has 0 radical (unpaired) electrons. The molecule has 0 saturated carbocycles. The Morgan fingerprint density at radius 2 is 1.83 bits per heavy atom. The van der Waals surface area contributed by atoms with E-state index < -0.39 is 17.0 Å². The number of aromatic nitrogens is 4. The second kappa shape index (κ2) is 7.24. The highest BCUT2D eigenvalue weighted by Crippen LogP contribution is 2.35. The van der Waals surface area contributed by atoms with Gasteiger partial charge in [0.15, 0.2) is 0 Å². The molecule has 0 aliphatic rings. The first-order chi connectivity index (χ1) is 14.0. The Morgan fingerprint density at radius 1 is 1.03 bits per heavy atom. The van der Waals surface area contributed by atoms with E-state index in [1.165, 1.54) is 12.4 Å². The Morgan fingerprint density at radius 3 is 2.48 bits per heavy atom. The van der Waals surface area contributed by atoms with Crippen molar-refractivity contribution < 1.29 is 8.78 Å². The predicted molar refractivity (Wildman–Crippen MR) is 108 cm³/mol. The first-order valence-electron chi connectivity index (χ1n) is 9.47. The summed E-state index contributed by atoms with van der Waals surface area (Å²) in [5, 5.41) is 7.60. The fourth-order valence-electron chi connectivity index (χ4n) is 3.99. The predicted octanol–water partition coefficient (Wildman–Crippen LogP) is 4.70. The Labute approximate surface area is 165 Å². The molecule has 0 bridgehead atoms. The maximum atomic E-state index is 14.2. The number of rotatable bonds is 5. The average molecular weight is 394 g/mol. The molecule has 0 aliphatic carbocycles. The minimum atomic E-state index is -0.637. The van der Waals surface area contributed by atoms with Gasteiger partial charge in [-0.05, 0) is 42.0 Å². The molecule has 0 amide bonds. The Hall–Kier alpha value is -3.35. The number of fused-ring (bicyclic) bond motifs is 1. The molecule has 0 aliphatic heterocycles. The van der Waals surface area contributed by atoms with Gasteiger partial charge in [0.1, 0.15) is 23.8 Å². The SMILES string of the molecule is CCC(CC)(c1ncn[nH]1)c1ccc(-c2ccc3cc(F)cc(F)c3c2)[nH]c1=O. The van der Waals surface area contributed by atoms with Crippen molar-refractivity contribution in [2.75, 3.05) is 0 Å². The number of nitrogens with one attached hydrogen (secondary N) is 2. The molecule has 0 spiro atoms. The van der Waals surface area contributed by atoms with Crippen LogP contribution in [0, 0.1) is 11.6 Å². The number of benzene rings is 2. The monoisotopic (exact) mass is 394 g/mol. The van der Waals surface area contributed by atoms with Gasteiger partial charge in [0, 0.05) is 22.7 Å². The third-order valence-corrected chi connectivity index (χ3v) is 5.68. The van der Waals surface area contributed by atoms with Crippen LogP contribution in [0.5, 0.6) is 0 Å². The van der Waals surface area contributed by atoms with Crippen molar-refractivity contribution in [2.45, 2.75) is 32.1 Å². The Bertz CT molecular complexity index is 1230. The highest BCUT2D eigenvalue weighted by atomic mass is 19.1. The summed E-state index contributed by atoms with van der Waals surface area (Å²) < 4.78 is 27.6. The average Bonchev–Trinajstić information content (AvgIpc) is 3.25. The van der Waals surface area contributed by atoms with Crippen LogP contribution in [0.1, 0.15) is 38.1 Å². The van der Waals surface area contributed by atoms with E-state index in [2.05, 4.69) is 20.2 Å². The molecular formula is C22H20F2N4O. The van der Waals surface area contributed by atoms with Gasteiger partial charge in [0.2, 0.25) is 0 Å². The van der Waals surface area contributed by atoms with Crippen molar-refractivity contribution in [1.82, 2.24) is 20.2 Å². The van der Waals surface area contributed by atoms with Crippen LogP contribution < -0.4 is 5.56 Å². The second-order valence-corrected chi connectivity index (χ2v) is 7.06. The van der Waals surface area contributed by atoms with E-state index in [4.69, 9.17) is 0 Å². The number of H-pyrrole nitrogens is 2. The number of halogens is 2. The molecule has 2 heterocycles. The molecule has 29 heavy (non-hydrogen) atoms. The number of aromatic amines is 2. The van der Waals surface area contributed by atoms with Crippen molar-refractivity contribution in [3.63, 3.8) is 0 Å². The Kier molecular flexibility index (Phi) is 4.74. The van der Waals surface area contributed by atoms with Crippen molar-refractivity contribution in [3.8, 4) is 11.3 Å². The van der Waals surface area contributed by atoms with Gasteiger partial charge in [-0.2, -0.15) is 5.10 Å². The fraction of sp³-hybridized carbons (Fsp3) is 0.227. The van der Waals surface area contributed by atoms with Gasteiger partial charge in [0.25, 0.3) is 5.56 Å². The normalized spacial score (nSPS) is 11.9. The van der Waals surface area contributed by atoms with Gasteiger partial charge in [-0.25, -0.2) is 13.8 Å². The van der Waals surface area contributed by atoms with Gasteiger partial charge in [-0.3, -0.25) is 9.89 Å². The highest BCUT2D eigenvalue weighted by Gasteiger charge is 2.36. The zero-order chi connectivity index (χ0) is 20.6. The van der Waals surface area contributed by atoms with Crippen LogP contribution in [0.3, 0.4) is 0 Å². The van der Waals surface area contributed by atoms with Gasteiger partial charge >= 0.3 is 0 Å². The van der Waals surface area contributed by atoms with Gasteiger partial charge < -0.3 is 4.98 Å². The summed E-state index contributed by atoms with van der Waals surface area (Å²) in [5.74, 6) is -0.610. The summed E-state index contributed by atoms with van der Waals surface area (Å²) in [5.41, 5.74) is 0.989. The van der Waals surface area contributed by atoms with E-state index in [0.29, 0.717) is 46.3 Å². The lowest BCUT2D eigenvalue weighted by atomic mass is 9.75. The molecule has 0 saturated heterocycles. The van der Waals surface area contributed by atoms with Crippen LogP contribution in [0.25, 0.3) is 22.0 Å². The summed E-state index contributed by atoms with van der Waals surface area (Å²) in [6, 6.07) is 10.7. The van der Waals surface area contributed by atoms with E-state index in [1.54, 1.807) is 30.3 Å². The number of hydrogen-bond acceptors (Lipinski definition) is 3. The molecule has 148 valence electrons. The van der Waals surface area contributed by atoms with E-state index in [9.17, 15) is 13.6 Å². The van der Waals surface area contributed by atoms with Crippen molar-refractivity contribution in [1.29, 1.82) is 0 Å². The molecule has 2 aromatic carbocycles. The molecule has 2 aromatic heterocycles. The topological polar surface area (TPSA) is 74.4 Å². The van der Waals surface area contributed by atoms with E-state index in [0.717, 1.165) is 6.07 Å².